The Kier molecular flexibility index (Phi) is 16.4. The van der Waals surface area contributed by atoms with E-state index >= 15 is 0 Å². The van der Waals surface area contributed by atoms with Crippen LogP contribution in [0.4, 0.5) is 0 Å². The molecule has 0 nitrogen and oxygen atoms in total. The van der Waals surface area contributed by atoms with Gasteiger partial charge in [0.15, 0.2) is 0 Å². The van der Waals surface area contributed by atoms with E-state index in [0.29, 0.717) is 11.2 Å². The van der Waals surface area contributed by atoms with E-state index in [2.05, 4.69) is 128 Å². The molecule has 0 aliphatic rings. The Labute approximate surface area is 221 Å². The van der Waals surface area contributed by atoms with Crippen molar-refractivity contribution in [2.75, 3.05) is 40.3 Å². The first-order valence-corrected chi connectivity index (χ1v) is 16.4. The van der Waals surface area contributed by atoms with Gasteiger partial charge in [0.25, 0.3) is 0 Å². The summed E-state index contributed by atoms with van der Waals surface area (Å²) in [6, 6.07) is 21.9. The minimum Gasteiger partial charge on any atom is -0.179 e. The molecule has 0 fully saturated rings. The standard InChI is InChI=1S/C27H40S5/c1-2-14-30-20-26(17-24-11-7-4-8-12-24)21-31-15-13-27(19-29)32-22-25(18-28)16-23-9-5-3-6-10-23/h3-12,25-29H,2,13-22H2,1H3. The molecule has 0 saturated heterocycles. The minimum atomic E-state index is 0.631. The van der Waals surface area contributed by atoms with Gasteiger partial charge in [0.05, 0.1) is 0 Å². The maximum Gasteiger partial charge on any atom is 0.0143 e. The first-order chi connectivity index (χ1) is 15.7. The molecule has 32 heavy (non-hydrogen) atoms. The van der Waals surface area contributed by atoms with Crippen LogP contribution >= 0.6 is 60.5 Å². The second kappa shape index (κ2) is 18.5. The highest BCUT2D eigenvalue weighted by Gasteiger charge is 2.15. The molecule has 0 aliphatic carbocycles. The summed E-state index contributed by atoms with van der Waals surface area (Å²) in [5.41, 5.74) is 2.91. The zero-order chi connectivity index (χ0) is 22.9. The zero-order valence-corrected chi connectivity index (χ0v) is 23.6. The van der Waals surface area contributed by atoms with Crippen molar-refractivity contribution in [3.8, 4) is 0 Å². The molecule has 178 valence electrons. The van der Waals surface area contributed by atoms with Crippen LogP contribution in [0.2, 0.25) is 0 Å². The lowest BCUT2D eigenvalue weighted by atomic mass is 10.0. The normalized spacial score (nSPS) is 14.2. The summed E-state index contributed by atoms with van der Waals surface area (Å²) in [5, 5.41) is 0.644. The highest BCUT2D eigenvalue weighted by Crippen LogP contribution is 2.26. The van der Waals surface area contributed by atoms with E-state index in [9.17, 15) is 0 Å². The van der Waals surface area contributed by atoms with Crippen molar-refractivity contribution in [2.45, 2.75) is 37.9 Å². The first-order valence-electron chi connectivity index (χ1n) is 11.8. The third-order valence-electron chi connectivity index (χ3n) is 5.40. The molecule has 2 aromatic rings. The van der Waals surface area contributed by atoms with Crippen molar-refractivity contribution >= 4 is 60.5 Å². The average Bonchev–Trinajstić information content (AvgIpc) is 2.84. The molecule has 2 rings (SSSR count). The number of rotatable bonds is 18. The van der Waals surface area contributed by atoms with Gasteiger partial charge in [-0.25, -0.2) is 0 Å². The Hall–Kier alpha value is 0.190. The number of hydrogen-bond acceptors (Lipinski definition) is 5. The molecular formula is C27H40S5. The summed E-state index contributed by atoms with van der Waals surface area (Å²) in [7, 11) is 0. The van der Waals surface area contributed by atoms with Crippen LogP contribution in [-0.2, 0) is 12.8 Å². The van der Waals surface area contributed by atoms with E-state index in [0.717, 1.165) is 23.8 Å². The number of hydrogen-bond donors (Lipinski definition) is 2. The van der Waals surface area contributed by atoms with Crippen molar-refractivity contribution < 1.29 is 0 Å². The van der Waals surface area contributed by atoms with Gasteiger partial charge in [-0.15, -0.1) is 0 Å². The highest BCUT2D eigenvalue weighted by molar-refractivity contribution is 8.01. The molecular weight excluding hydrogens is 485 g/mol. The van der Waals surface area contributed by atoms with Crippen LogP contribution in [0, 0.1) is 11.8 Å². The highest BCUT2D eigenvalue weighted by atomic mass is 32.2. The van der Waals surface area contributed by atoms with Crippen LogP contribution in [0.15, 0.2) is 60.7 Å². The van der Waals surface area contributed by atoms with Gasteiger partial charge in [-0.1, -0.05) is 67.6 Å². The lowest BCUT2D eigenvalue weighted by Gasteiger charge is -2.20. The van der Waals surface area contributed by atoms with Crippen LogP contribution in [-0.4, -0.2) is 45.5 Å². The van der Waals surface area contributed by atoms with Crippen molar-refractivity contribution in [2.24, 2.45) is 11.8 Å². The Morgan fingerprint density at radius 2 is 1.25 bits per heavy atom. The molecule has 0 spiro atoms. The van der Waals surface area contributed by atoms with Gasteiger partial charge < -0.3 is 0 Å². The Bertz CT molecular complexity index is 679. The number of benzene rings is 2. The summed E-state index contributed by atoms with van der Waals surface area (Å²) in [4.78, 5) is 0. The second-order valence-electron chi connectivity index (χ2n) is 8.37. The smallest absolute Gasteiger partial charge is 0.0143 e. The molecule has 3 atom stereocenters. The van der Waals surface area contributed by atoms with Crippen molar-refractivity contribution in [1.82, 2.24) is 0 Å². The van der Waals surface area contributed by atoms with Crippen molar-refractivity contribution in [3.05, 3.63) is 71.8 Å². The molecule has 0 aliphatic heterocycles. The maximum absolute atomic E-state index is 4.66. The van der Waals surface area contributed by atoms with Crippen LogP contribution < -0.4 is 0 Å². The fraction of sp³-hybridized carbons (Fsp3) is 0.556. The maximum atomic E-state index is 4.66. The quantitative estimate of drug-likeness (QED) is 0.150. The van der Waals surface area contributed by atoms with Gasteiger partial charge in [-0.05, 0) is 83.2 Å². The number of thioether (sulfide) groups is 3. The van der Waals surface area contributed by atoms with Gasteiger partial charge in [0.2, 0.25) is 0 Å². The largest absolute Gasteiger partial charge is 0.179 e. The third-order valence-corrected chi connectivity index (χ3v) is 10.8. The van der Waals surface area contributed by atoms with Crippen LogP contribution in [0.1, 0.15) is 30.9 Å². The lowest BCUT2D eigenvalue weighted by Crippen LogP contribution is -2.16. The molecule has 0 N–H and O–H groups in total. The first kappa shape index (κ1) is 28.4. The van der Waals surface area contributed by atoms with Gasteiger partial charge in [-0.2, -0.15) is 60.5 Å². The fourth-order valence-electron chi connectivity index (χ4n) is 3.60. The Morgan fingerprint density at radius 1 is 0.688 bits per heavy atom. The monoisotopic (exact) mass is 524 g/mol. The predicted molar refractivity (Wildman–Crippen MR) is 161 cm³/mol. The predicted octanol–water partition coefficient (Wildman–Crippen LogP) is 7.93. The van der Waals surface area contributed by atoms with E-state index in [4.69, 9.17) is 0 Å². The Morgan fingerprint density at radius 3 is 1.78 bits per heavy atom. The molecule has 0 bridgehead atoms. The summed E-state index contributed by atoms with van der Waals surface area (Å²) in [6.45, 7) is 2.28. The van der Waals surface area contributed by atoms with Crippen LogP contribution in [0.5, 0.6) is 0 Å². The third kappa shape index (κ3) is 12.6. The summed E-state index contributed by atoms with van der Waals surface area (Å²) < 4.78 is 0. The zero-order valence-electron chi connectivity index (χ0n) is 19.4. The van der Waals surface area contributed by atoms with Crippen molar-refractivity contribution in [1.29, 1.82) is 0 Å². The van der Waals surface area contributed by atoms with Crippen LogP contribution in [0.25, 0.3) is 0 Å². The van der Waals surface area contributed by atoms with Crippen LogP contribution in [0.3, 0.4) is 0 Å². The Balaban J connectivity index is 1.70. The van der Waals surface area contributed by atoms with E-state index in [1.165, 1.54) is 59.2 Å². The SMILES string of the molecule is CCCSCC(CSCCC(CS)SCC(CS)Cc1ccccc1)Cc1ccccc1. The topological polar surface area (TPSA) is 0 Å². The summed E-state index contributed by atoms with van der Waals surface area (Å²) in [5.74, 6) is 9.57. The van der Waals surface area contributed by atoms with E-state index in [1.807, 2.05) is 0 Å². The van der Waals surface area contributed by atoms with E-state index in [-0.39, 0.29) is 0 Å². The lowest BCUT2D eigenvalue weighted by molar-refractivity contribution is 0.668. The molecule has 3 unspecified atom stereocenters. The average molecular weight is 525 g/mol. The van der Waals surface area contributed by atoms with Crippen molar-refractivity contribution in [3.63, 3.8) is 0 Å². The molecule has 0 saturated carbocycles. The van der Waals surface area contributed by atoms with Gasteiger partial charge in [0.1, 0.15) is 0 Å². The van der Waals surface area contributed by atoms with Gasteiger partial charge in [-0.3, -0.25) is 0 Å². The molecule has 0 radical (unpaired) electrons. The second-order valence-corrected chi connectivity index (χ2v) is 12.7. The number of thiol groups is 2. The van der Waals surface area contributed by atoms with E-state index in [1.54, 1.807) is 0 Å². The molecule has 0 heterocycles. The summed E-state index contributed by atoms with van der Waals surface area (Å²) in [6.07, 6.45) is 4.86. The fourth-order valence-corrected chi connectivity index (χ4v) is 8.21. The summed E-state index contributed by atoms with van der Waals surface area (Å²) >= 11 is 15.7. The van der Waals surface area contributed by atoms with E-state index < -0.39 is 0 Å². The van der Waals surface area contributed by atoms with Gasteiger partial charge >= 0.3 is 0 Å². The molecule has 0 aromatic heterocycles. The molecule has 5 heteroatoms. The molecule has 2 aromatic carbocycles. The minimum absolute atomic E-state index is 0.631. The molecule has 0 amide bonds. The van der Waals surface area contributed by atoms with Gasteiger partial charge in [0, 0.05) is 11.0 Å².